The molecule has 3 heterocycles. The number of hydrogen-bond donors (Lipinski definition) is 0. The van der Waals surface area contributed by atoms with Gasteiger partial charge in [0.1, 0.15) is 0 Å². The SMILES string of the molecule is CC1=C(C)N(C2CCN(C3CCN(C)CC3)CC2)C(=O)C1C1CCC1. The lowest BCUT2D eigenvalue weighted by Crippen LogP contribution is -2.51. The summed E-state index contributed by atoms with van der Waals surface area (Å²) in [6.07, 6.45) is 8.75. The normalized spacial score (nSPS) is 31.9. The number of nitrogens with zero attached hydrogens (tertiary/aromatic N) is 3. The molecule has 1 atom stereocenters. The van der Waals surface area contributed by atoms with Gasteiger partial charge >= 0.3 is 0 Å². The minimum absolute atomic E-state index is 0.209. The van der Waals surface area contributed by atoms with E-state index in [1.165, 1.54) is 69.6 Å². The molecule has 3 fully saturated rings. The number of rotatable bonds is 3. The van der Waals surface area contributed by atoms with Crippen molar-refractivity contribution >= 4 is 5.91 Å². The van der Waals surface area contributed by atoms with Crippen LogP contribution in [-0.4, -0.2) is 65.9 Å². The predicted molar refractivity (Wildman–Crippen MR) is 101 cm³/mol. The van der Waals surface area contributed by atoms with Gasteiger partial charge in [-0.1, -0.05) is 6.42 Å². The molecule has 4 nitrogen and oxygen atoms in total. The molecule has 0 N–H and O–H groups in total. The highest BCUT2D eigenvalue weighted by Crippen LogP contribution is 2.44. The number of hydrogen-bond acceptors (Lipinski definition) is 3. The van der Waals surface area contributed by atoms with Crippen molar-refractivity contribution in [3.8, 4) is 0 Å². The molecule has 0 aromatic heterocycles. The van der Waals surface area contributed by atoms with E-state index in [-0.39, 0.29) is 5.92 Å². The molecule has 3 aliphatic heterocycles. The quantitative estimate of drug-likeness (QED) is 0.786. The van der Waals surface area contributed by atoms with Crippen molar-refractivity contribution < 1.29 is 4.79 Å². The Morgan fingerprint density at radius 1 is 0.840 bits per heavy atom. The van der Waals surface area contributed by atoms with Gasteiger partial charge in [-0.25, -0.2) is 0 Å². The first-order chi connectivity index (χ1) is 12.1. The largest absolute Gasteiger partial charge is 0.313 e. The summed E-state index contributed by atoms with van der Waals surface area (Å²) in [5.41, 5.74) is 2.65. The van der Waals surface area contributed by atoms with Crippen LogP contribution in [0.2, 0.25) is 0 Å². The smallest absolute Gasteiger partial charge is 0.234 e. The van der Waals surface area contributed by atoms with Crippen molar-refractivity contribution in [2.24, 2.45) is 11.8 Å². The van der Waals surface area contributed by atoms with E-state index in [1.807, 2.05) is 0 Å². The highest BCUT2D eigenvalue weighted by atomic mass is 16.2. The summed E-state index contributed by atoms with van der Waals surface area (Å²) in [6, 6.07) is 1.21. The van der Waals surface area contributed by atoms with Crippen LogP contribution in [0.5, 0.6) is 0 Å². The van der Waals surface area contributed by atoms with Crippen LogP contribution in [-0.2, 0) is 4.79 Å². The fourth-order valence-electron chi connectivity index (χ4n) is 5.57. The van der Waals surface area contributed by atoms with E-state index in [2.05, 4.69) is 35.6 Å². The summed E-state index contributed by atoms with van der Waals surface area (Å²) in [5.74, 6) is 1.27. The summed E-state index contributed by atoms with van der Waals surface area (Å²) < 4.78 is 0. The van der Waals surface area contributed by atoms with E-state index in [4.69, 9.17) is 0 Å². The maximum atomic E-state index is 13.1. The van der Waals surface area contributed by atoms with Crippen molar-refractivity contribution in [3.63, 3.8) is 0 Å². The van der Waals surface area contributed by atoms with Crippen LogP contribution in [0, 0.1) is 11.8 Å². The molecule has 4 rings (SSSR count). The first-order valence-electron chi connectivity index (χ1n) is 10.5. The number of allylic oxidation sites excluding steroid dienone is 1. The molecule has 4 heteroatoms. The third-order valence-electron chi connectivity index (χ3n) is 7.59. The van der Waals surface area contributed by atoms with E-state index in [0.29, 0.717) is 17.9 Å². The third kappa shape index (κ3) is 3.16. The van der Waals surface area contributed by atoms with Crippen LogP contribution in [0.4, 0.5) is 0 Å². The number of carbonyl (C=O) groups is 1. The highest BCUT2D eigenvalue weighted by Gasteiger charge is 2.45. The Kier molecular flexibility index (Phi) is 4.93. The minimum atomic E-state index is 0.209. The van der Waals surface area contributed by atoms with Gasteiger partial charge in [-0.2, -0.15) is 0 Å². The van der Waals surface area contributed by atoms with E-state index in [1.54, 1.807) is 0 Å². The zero-order valence-electron chi connectivity index (χ0n) is 16.3. The number of likely N-dealkylation sites (tertiary alicyclic amines) is 2. The zero-order valence-corrected chi connectivity index (χ0v) is 16.3. The van der Waals surface area contributed by atoms with Crippen molar-refractivity contribution in [3.05, 3.63) is 11.3 Å². The molecule has 0 radical (unpaired) electrons. The molecule has 1 amide bonds. The molecule has 1 aliphatic carbocycles. The maximum absolute atomic E-state index is 13.1. The Bertz CT molecular complexity index is 537. The summed E-state index contributed by atoms with van der Waals surface area (Å²) in [5, 5.41) is 0. The lowest BCUT2D eigenvalue weighted by atomic mass is 9.73. The maximum Gasteiger partial charge on any atom is 0.234 e. The number of carbonyl (C=O) groups excluding carboxylic acids is 1. The van der Waals surface area contributed by atoms with Gasteiger partial charge in [-0.05, 0) is 84.0 Å². The average molecular weight is 346 g/mol. The van der Waals surface area contributed by atoms with E-state index in [0.717, 1.165) is 18.9 Å². The van der Waals surface area contributed by atoms with Gasteiger partial charge in [0.05, 0.1) is 5.92 Å². The molecular weight excluding hydrogens is 310 g/mol. The van der Waals surface area contributed by atoms with Crippen LogP contribution in [0.3, 0.4) is 0 Å². The molecular formula is C21H35N3O. The van der Waals surface area contributed by atoms with Crippen molar-refractivity contribution in [1.29, 1.82) is 0 Å². The van der Waals surface area contributed by atoms with E-state index >= 15 is 0 Å². The third-order valence-corrected chi connectivity index (χ3v) is 7.59. The topological polar surface area (TPSA) is 26.8 Å². The van der Waals surface area contributed by atoms with Crippen LogP contribution >= 0.6 is 0 Å². The molecule has 0 spiro atoms. The fraction of sp³-hybridized carbons (Fsp3) is 0.857. The average Bonchev–Trinajstić information content (AvgIpc) is 2.78. The van der Waals surface area contributed by atoms with E-state index < -0.39 is 0 Å². The zero-order chi connectivity index (χ0) is 17.6. The lowest BCUT2D eigenvalue weighted by molar-refractivity contribution is -0.135. The molecule has 1 saturated carbocycles. The first-order valence-corrected chi connectivity index (χ1v) is 10.5. The monoisotopic (exact) mass is 345 g/mol. The van der Waals surface area contributed by atoms with Crippen LogP contribution < -0.4 is 0 Å². The predicted octanol–water partition coefficient (Wildman–Crippen LogP) is 3.10. The Labute approximate surface area is 153 Å². The molecule has 140 valence electrons. The Morgan fingerprint density at radius 2 is 1.44 bits per heavy atom. The van der Waals surface area contributed by atoms with Gasteiger partial charge in [-0.3, -0.25) is 4.79 Å². The Morgan fingerprint density at radius 3 is 2.00 bits per heavy atom. The van der Waals surface area contributed by atoms with Crippen LogP contribution in [0.1, 0.15) is 58.8 Å². The van der Waals surface area contributed by atoms with E-state index in [9.17, 15) is 4.79 Å². The van der Waals surface area contributed by atoms with Crippen molar-refractivity contribution in [1.82, 2.24) is 14.7 Å². The summed E-state index contributed by atoms with van der Waals surface area (Å²) in [4.78, 5) is 20.5. The molecule has 25 heavy (non-hydrogen) atoms. The fourth-order valence-corrected chi connectivity index (χ4v) is 5.57. The van der Waals surface area contributed by atoms with Gasteiger partial charge in [0.25, 0.3) is 0 Å². The van der Waals surface area contributed by atoms with Gasteiger partial charge < -0.3 is 14.7 Å². The van der Waals surface area contributed by atoms with Crippen LogP contribution in [0.25, 0.3) is 0 Å². The minimum Gasteiger partial charge on any atom is -0.313 e. The van der Waals surface area contributed by atoms with Gasteiger partial charge in [-0.15, -0.1) is 0 Å². The first kappa shape index (κ1) is 17.5. The second kappa shape index (κ2) is 7.03. The lowest BCUT2D eigenvalue weighted by Gasteiger charge is -2.43. The Balaban J connectivity index is 1.37. The summed E-state index contributed by atoms with van der Waals surface area (Å²) in [7, 11) is 2.23. The molecule has 2 saturated heterocycles. The summed E-state index contributed by atoms with van der Waals surface area (Å²) in [6.45, 7) is 9.21. The molecule has 0 bridgehead atoms. The van der Waals surface area contributed by atoms with Crippen LogP contribution in [0.15, 0.2) is 11.3 Å². The molecule has 0 aromatic rings. The van der Waals surface area contributed by atoms with Gasteiger partial charge in [0.15, 0.2) is 0 Å². The van der Waals surface area contributed by atoms with Crippen molar-refractivity contribution in [2.75, 3.05) is 33.2 Å². The molecule has 1 unspecified atom stereocenters. The number of piperidine rings is 2. The number of amides is 1. The highest BCUT2D eigenvalue weighted by molar-refractivity contribution is 5.87. The van der Waals surface area contributed by atoms with Crippen molar-refractivity contribution in [2.45, 2.75) is 70.9 Å². The second-order valence-electron chi connectivity index (χ2n) is 8.95. The molecule has 0 aromatic carbocycles. The Hall–Kier alpha value is -0.870. The molecule has 4 aliphatic rings. The summed E-state index contributed by atoms with van der Waals surface area (Å²) >= 11 is 0. The standard InChI is InChI=1S/C21H35N3O/c1-15-16(2)24(21(25)20(15)17-5-4-6-17)19-9-13-23(14-10-19)18-7-11-22(3)12-8-18/h17-20H,4-14H2,1-3H3. The second-order valence-corrected chi connectivity index (χ2v) is 8.95. The van der Waals surface area contributed by atoms with Gasteiger partial charge in [0, 0.05) is 30.9 Å². The van der Waals surface area contributed by atoms with Gasteiger partial charge in [0.2, 0.25) is 5.91 Å².